The quantitative estimate of drug-likeness (QED) is 0.0705. The Morgan fingerprint density at radius 3 is 1.53 bits per heavy atom. The Balaban J connectivity index is 0.000000187. The second-order valence-electron chi connectivity index (χ2n) is 28.2. The van der Waals surface area contributed by atoms with Crippen LogP contribution >= 0.6 is 0 Å². The number of likely N-dealkylation sites (tertiary alicyclic amines) is 1. The molecule has 22 nitrogen and oxygen atoms in total. The van der Waals surface area contributed by atoms with Gasteiger partial charge in [0.05, 0.1) is 67.7 Å². The molecule has 2 spiro atoms. The summed E-state index contributed by atoms with van der Waals surface area (Å²) in [6.07, 6.45) is 9.96. The van der Waals surface area contributed by atoms with Gasteiger partial charge in [0.2, 0.25) is 25.4 Å². The Labute approximate surface area is 534 Å². The number of furan rings is 1. The topological polar surface area (TPSA) is 261 Å². The highest BCUT2D eigenvalue weighted by atomic mass is 16.7. The minimum absolute atomic E-state index is 0.00825. The van der Waals surface area contributed by atoms with E-state index in [1.165, 1.54) is 0 Å². The first-order chi connectivity index (χ1) is 43.2. The van der Waals surface area contributed by atoms with Crippen molar-refractivity contribution in [3.05, 3.63) is 93.8 Å². The van der Waals surface area contributed by atoms with Crippen molar-refractivity contribution in [1.29, 1.82) is 0 Å². The van der Waals surface area contributed by atoms with Crippen LogP contribution in [-0.4, -0.2) is 197 Å². The fourth-order valence-electron chi connectivity index (χ4n) is 15.9. The first-order valence-electron chi connectivity index (χ1n) is 32.7. The van der Waals surface area contributed by atoms with Gasteiger partial charge in [0.1, 0.15) is 23.0 Å². The Hall–Kier alpha value is -6.40. The standard InChI is InChI=1S/C35H51N3O8.C34H44N2O9/c1-33(2,41)11-6-13-35(42,21-29(39)37-15-9-24(10-16-37)36(3)4)32(40)46-31-28(43-5)20-34-12-7-14-38(34)17-8-23-18-26-27(45-22-44-26)19-25(23)30(31)34;1-21-7-8-23(44-21)19-35-28(37)18-34(40,12-5-10-32(2,3)39)31(38)45-30-27(41-4)17-33-11-6-13-36(33)14-9-22-15-25-26(43-20-42-25)16-24(22)29(30)33/h18-20,24,30-31,41-42H,6-17,21-22H2,1-5H3;7-8,15-17,29-30,39-40H,5-6,9-14,18-20H2,1-4H3,(H,35,37)/t30-,31-,34+,35-;29-,30-,33+,34-/m11/s1. The average Bonchev–Trinajstić information content (AvgIpc) is 1.57. The summed E-state index contributed by atoms with van der Waals surface area (Å²) >= 11 is 0. The number of benzene rings is 2. The van der Waals surface area contributed by atoms with Crippen molar-refractivity contribution in [1.82, 2.24) is 24.9 Å². The number of fused-ring (bicyclic) bond motifs is 6. The molecule has 8 heterocycles. The van der Waals surface area contributed by atoms with E-state index >= 15 is 0 Å². The molecule has 9 aliphatic rings. The summed E-state index contributed by atoms with van der Waals surface area (Å²) in [7, 11) is 7.24. The molecule has 8 atom stereocenters. The molecule has 22 heteroatoms. The van der Waals surface area contributed by atoms with Gasteiger partial charge in [-0.05, 0) is 222 Å². The van der Waals surface area contributed by atoms with E-state index in [2.05, 4.69) is 32.2 Å². The van der Waals surface area contributed by atoms with Gasteiger partial charge in [0, 0.05) is 32.2 Å². The van der Waals surface area contributed by atoms with E-state index in [0.29, 0.717) is 85.1 Å². The Bertz CT molecular complexity index is 3250. The summed E-state index contributed by atoms with van der Waals surface area (Å²) in [5.74, 6) is 1.96. The number of hydrogen-bond donors (Lipinski definition) is 5. The van der Waals surface area contributed by atoms with Gasteiger partial charge in [-0.15, -0.1) is 0 Å². The third kappa shape index (κ3) is 13.7. The number of aliphatic hydroxyl groups is 4. The van der Waals surface area contributed by atoms with Gasteiger partial charge in [0.25, 0.3) is 0 Å². The number of amides is 2. The lowest BCUT2D eigenvalue weighted by Gasteiger charge is -2.40. The van der Waals surface area contributed by atoms with Gasteiger partial charge in [0.15, 0.2) is 46.4 Å². The van der Waals surface area contributed by atoms with Crippen molar-refractivity contribution in [3.8, 4) is 23.0 Å². The monoisotopic (exact) mass is 1270 g/mol. The fourth-order valence-corrected chi connectivity index (χ4v) is 15.9. The molecule has 0 bridgehead atoms. The summed E-state index contributed by atoms with van der Waals surface area (Å²) in [5, 5.41) is 47.4. The molecular formula is C69H95N5O17. The Kier molecular flexibility index (Phi) is 19.0. The van der Waals surface area contributed by atoms with E-state index < -0.39 is 70.0 Å². The molecule has 91 heavy (non-hydrogen) atoms. The highest BCUT2D eigenvalue weighted by molar-refractivity contribution is 5.89. The summed E-state index contributed by atoms with van der Waals surface area (Å²) in [6.45, 7) is 13.6. The maximum Gasteiger partial charge on any atom is 0.339 e. The highest BCUT2D eigenvalue weighted by Crippen LogP contribution is 2.58. The number of rotatable bonds is 21. The van der Waals surface area contributed by atoms with Crippen molar-refractivity contribution < 1.29 is 81.9 Å². The lowest BCUT2D eigenvalue weighted by atomic mass is 9.77. The smallest absolute Gasteiger partial charge is 0.339 e. The van der Waals surface area contributed by atoms with E-state index in [1.54, 1.807) is 58.9 Å². The third-order valence-electron chi connectivity index (χ3n) is 20.6. The molecule has 2 amide bonds. The van der Waals surface area contributed by atoms with E-state index in [4.69, 9.17) is 42.3 Å². The fraction of sp³-hybridized carbons (Fsp3) is 0.652. The van der Waals surface area contributed by atoms with Crippen molar-refractivity contribution in [2.75, 3.05) is 81.2 Å². The second-order valence-corrected chi connectivity index (χ2v) is 28.2. The first kappa shape index (κ1) is 66.1. The molecule has 2 aromatic carbocycles. The summed E-state index contributed by atoms with van der Waals surface area (Å²) < 4.78 is 52.9. The van der Waals surface area contributed by atoms with E-state index in [9.17, 15) is 39.6 Å². The zero-order valence-corrected chi connectivity index (χ0v) is 54.6. The summed E-state index contributed by atoms with van der Waals surface area (Å²) in [6, 6.07) is 12.0. The van der Waals surface area contributed by atoms with Crippen molar-refractivity contribution in [2.45, 2.75) is 207 Å². The highest BCUT2D eigenvalue weighted by Gasteiger charge is 2.61. The normalized spacial score (nSPS) is 26.2. The van der Waals surface area contributed by atoms with Crippen LogP contribution in [0.15, 0.2) is 64.5 Å². The molecule has 3 saturated heterocycles. The van der Waals surface area contributed by atoms with Gasteiger partial charge >= 0.3 is 11.9 Å². The maximum atomic E-state index is 14.3. The average molecular weight is 1270 g/mol. The third-order valence-corrected chi connectivity index (χ3v) is 20.6. The Morgan fingerprint density at radius 2 is 1.10 bits per heavy atom. The molecule has 12 rings (SSSR count). The van der Waals surface area contributed by atoms with Crippen molar-refractivity contribution in [3.63, 3.8) is 0 Å². The summed E-state index contributed by atoms with van der Waals surface area (Å²) in [4.78, 5) is 64.0. The SMILES string of the molecule is COC1=C[C@]23CCCN2CCc2cc4c(cc2[C@@H]3[C@@H]1OC(=O)[C@@](O)(CCCC(C)(C)O)CC(=O)N1CCC(N(C)C)CC1)OCO4.COC1=C[C@]23CCCN2CCc2cc4c(cc2[C@@H]3[C@@H]1OC(=O)[C@@](O)(CCCC(C)(C)O)CC(=O)NCc1ccc(C)o1)OCO4. The Morgan fingerprint density at radius 1 is 0.637 bits per heavy atom. The predicted octanol–water partition coefficient (Wildman–Crippen LogP) is 6.59. The predicted molar refractivity (Wildman–Crippen MR) is 333 cm³/mol. The van der Waals surface area contributed by atoms with Crippen LogP contribution in [0.3, 0.4) is 0 Å². The van der Waals surface area contributed by atoms with E-state index in [-0.39, 0.29) is 57.1 Å². The minimum atomic E-state index is -2.14. The number of methoxy groups -OCH3 is 2. The first-order valence-corrected chi connectivity index (χ1v) is 32.7. The van der Waals surface area contributed by atoms with Crippen LogP contribution in [0.5, 0.6) is 23.0 Å². The molecule has 3 aromatic rings. The summed E-state index contributed by atoms with van der Waals surface area (Å²) in [5.41, 5.74) is -2.79. The zero-order chi connectivity index (χ0) is 64.8. The van der Waals surface area contributed by atoms with Crippen LogP contribution in [0.1, 0.15) is 163 Å². The molecule has 1 aromatic heterocycles. The van der Waals surface area contributed by atoms with Crippen LogP contribution in [0, 0.1) is 6.92 Å². The van der Waals surface area contributed by atoms with Crippen molar-refractivity contribution >= 4 is 23.8 Å². The van der Waals surface area contributed by atoms with Gasteiger partial charge in [-0.2, -0.15) is 0 Å². The molecule has 7 aliphatic heterocycles. The van der Waals surface area contributed by atoms with Gasteiger partial charge in [-0.25, -0.2) is 9.59 Å². The van der Waals surface area contributed by atoms with E-state index in [1.807, 2.05) is 45.3 Å². The molecule has 0 radical (unpaired) electrons. The van der Waals surface area contributed by atoms with Crippen LogP contribution in [0.4, 0.5) is 0 Å². The number of carbonyl (C=O) groups is 4. The zero-order valence-electron chi connectivity index (χ0n) is 54.6. The molecule has 5 N–H and O–H groups in total. The molecule has 498 valence electrons. The number of nitrogens with one attached hydrogen (secondary N) is 1. The van der Waals surface area contributed by atoms with Gasteiger partial charge in [-0.1, -0.05) is 0 Å². The number of piperidine rings is 1. The van der Waals surface area contributed by atoms with Crippen LogP contribution in [0.2, 0.25) is 0 Å². The van der Waals surface area contributed by atoms with Gasteiger partial charge < -0.3 is 77.9 Å². The van der Waals surface area contributed by atoms with E-state index in [0.717, 1.165) is 106 Å². The molecular weight excluding hydrogens is 1170 g/mol. The number of ether oxygens (including phenoxy) is 8. The molecule has 3 fully saturated rings. The number of aryl methyl sites for hydroxylation is 1. The number of carbonyl (C=O) groups excluding carboxylic acids is 4. The molecule has 2 aliphatic carbocycles. The molecule has 0 unspecified atom stereocenters. The van der Waals surface area contributed by atoms with Gasteiger partial charge in [-0.3, -0.25) is 19.4 Å². The number of hydrogen-bond acceptors (Lipinski definition) is 20. The van der Waals surface area contributed by atoms with Crippen LogP contribution in [-0.2, 0) is 57.5 Å². The minimum Gasteiger partial charge on any atom is -0.497 e. The largest absolute Gasteiger partial charge is 0.497 e. The molecule has 0 saturated carbocycles. The number of nitrogens with zero attached hydrogens (tertiary/aromatic N) is 4. The lowest BCUT2D eigenvalue weighted by Crippen LogP contribution is -2.51. The maximum absolute atomic E-state index is 14.3. The van der Waals surface area contributed by atoms with Crippen LogP contribution in [0.25, 0.3) is 0 Å². The second kappa shape index (κ2) is 26.2. The lowest BCUT2D eigenvalue weighted by molar-refractivity contribution is -0.177. The number of esters is 2. The van der Waals surface area contributed by atoms with Crippen molar-refractivity contribution in [2.24, 2.45) is 0 Å². The van der Waals surface area contributed by atoms with Crippen LogP contribution < -0.4 is 24.3 Å².